The highest BCUT2D eigenvalue weighted by Crippen LogP contribution is 2.14. The quantitative estimate of drug-likeness (QED) is 0.0629. The van der Waals surface area contributed by atoms with Gasteiger partial charge in [0, 0.05) is 0 Å². The van der Waals surface area contributed by atoms with E-state index in [4.69, 9.17) is 19.7 Å². The minimum Gasteiger partial charge on any atom is -0.464 e. The fourth-order valence-electron chi connectivity index (χ4n) is 4.83. The van der Waals surface area contributed by atoms with Gasteiger partial charge in [-0.3, -0.25) is 0 Å². The van der Waals surface area contributed by atoms with Gasteiger partial charge in [0.05, 0.1) is 13.2 Å². The molecule has 0 aliphatic carbocycles. The molecule has 0 aromatic carbocycles. The lowest BCUT2D eigenvalue weighted by Crippen LogP contribution is -2.19. The van der Waals surface area contributed by atoms with Crippen molar-refractivity contribution in [3.05, 3.63) is 0 Å². The predicted octanol–water partition coefficient (Wildman–Crippen LogP) is 10.0. The summed E-state index contributed by atoms with van der Waals surface area (Å²) in [7, 11) is 0. The van der Waals surface area contributed by atoms with Crippen molar-refractivity contribution in [2.45, 2.75) is 207 Å². The molecule has 2 atom stereocenters. The zero-order chi connectivity index (χ0) is 31.5. The maximum absolute atomic E-state index is 11.0. The van der Waals surface area contributed by atoms with E-state index in [1.54, 1.807) is 0 Å². The average molecular weight is 601 g/mol. The maximum Gasteiger partial charge on any atom is 0.334 e. The number of carbonyl (C=O) groups excluding carboxylic acids is 2. The summed E-state index contributed by atoms with van der Waals surface area (Å²) in [6, 6.07) is 0. The maximum atomic E-state index is 11.0. The van der Waals surface area contributed by atoms with Gasteiger partial charge in [0.25, 0.3) is 0 Å². The molecule has 0 spiro atoms. The second kappa shape index (κ2) is 36.1. The summed E-state index contributed by atoms with van der Waals surface area (Å²) in [6.45, 7) is 8.29. The van der Waals surface area contributed by atoms with Gasteiger partial charge < -0.3 is 19.7 Å². The fraction of sp³-hybridized carbons (Fsp3) is 0.944. The summed E-state index contributed by atoms with van der Waals surface area (Å²) in [5.74, 6) is -1.01. The molecule has 252 valence electrons. The third-order valence-electron chi connectivity index (χ3n) is 7.67. The average Bonchev–Trinajstić information content (AvgIpc) is 2.97. The van der Waals surface area contributed by atoms with Crippen molar-refractivity contribution in [2.24, 2.45) is 0 Å². The van der Waals surface area contributed by atoms with Gasteiger partial charge in [-0.25, -0.2) is 9.59 Å². The van der Waals surface area contributed by atoms with Crippen LogP contribution in [0, 0.1) is 0 Å². The molecule has 0 saturated carbocycles. The first-order chi connectivity index (χ1) is 20.4. The third kappa shape index (κ3) is 36.9. The Morgan fingerprint density at radius 2 is 0.595 bits per heavy atom. The van der Waals surface area contributed by atoms with Crippen molar-refractivity contribution < 1.29 is 29.3 Å². The van der Waals surface area contributed by atoms with E-state index in [1.165, 1.54) is 155 Å². The Balaban J connectivity index is 0. The van der Waals surface area contributed by atoms with E-state index >= 15 is 0 Å². The van der Waals surface area contributed by atoms with Crippen LogP contribution in [0.2, 0.25) is 0 Å². The Hall–Kier alpha value is -1.14. The van der Waals surface area contributed by atoms with E-state index < -0.39 is 24.1 Å². The lowest BCUT2D eigenvalue weighted by Gasteiger charge is -2.06. The van der Waals surface area contributed by atoms with Gasteiger partial charge in [-0.2, -0.15) is 0 Å². The zero-order valence-corrected chi connectivity index (χ0v) is 28.5. The highest BCUT2D eigenvalue weighted by atomic mass is 16.5. The van der Waals surface area contributed by atoms with E-state index in [0.29, 0.717) is 13.2 Å². The van der Waals surface area contributed by atoms with E-state index in [-0.39, 0.29) is 0 Å². The second-order valence-electron chi connectivity index (χ2n) is 12.2. The molecule has 2 unspecified atom stereocenters. The first kappa shape index (κ1) is 43.0. The monoisotopic (exact) mass is 601 g/mol. The second-order valence-corrected chi connectivity index (χ2v) is 12.2. The molecule has 42 heavy (non-hydrogen) atoms. The summed E-state index contributed by atoms with van der Waals surface area (Å²) in [4.78, 5) is 22.0. The molecular weight excluding hydrogens is 528 g/mol. The number of unbranched alkanes of at least 4 members (excludes halogenated alkanes) is 24. The molecule has 0 rings (SSSR count). The molecule has 0 aliphatic heterocycles. The highest BCUT2D eigenvalue weighted by molar-refractivity contribution is 5.74. The fourth-order valence-corrected chi connectivity index (χ4v) is 4.83. The van der Waals surface area contributed by atoms with Crippen LogP contribution in [0.3, 0.4) is 0 Å². The van der Waals surface area contributed by atoms with Gasteiger partial charge in [0.1, 0.15) is 12.2 Å². The summed E-state index contributed by atoms with van der Waals surface area (Å²) in [6.07, 6.45) is 32.0. The van der Waals surface area contributed by atoms with Crippen LogP contribution in [0.1, 0.15) is 195 Å². The van der Waals surface area contributed by atoms with Crippen molar-refractivity contribution in [2.75, 3.05) is 13.2 Å². The summed E-state index contributed by atoms with van der Waals surface area (Å²) >= 11 is 0. The molecule has 0 bridgehead atoms. The summed E-state index contributed by atoms with van der Waals surface area (Å²) in [5, 5.41) is 17.9. The minimum atomic E-state index is -0.994. The number of hydrogen-bond acceptors (Lipinski definition) is 6. The first-order valence-electron chi connectivity index (χ1n) is 18.1. The SMILES string of the molecule is CCCCCCCCCCCCCCCCOC(=O)C(C)O.CCCCCCCCCCCCCCOC(=O)C(C)O. The van der Waals surface area contributed by atoms with Gasteiger partial charge >= 0.3 is 11.9 Å². The Morgan fingerprint density at radius 3 is 0.786 bits per heavy atom. The highest BCUT2D eigenvalue weighted by Gasteiger charge is 2.09. The number of aliphatic hydroxyl groups is 2. The Morgan fingerprint density at radius 1 is 0.405 bits per heavy atom. The summed E-state index contributed by atoms with van der Waals surface area (Å²) in [5.41, 5.74) is 0. The zero-order valence-electron chi connectivity index (χ0n) is 28.5. The van der Waals surface area contributed by atoms with Crippen LogP contribution in [0.25, 0.3) is 0 Å². The smallest absolute Gasteiger partial charge is 0.334 e. The topological polar surface area (TPSA) is 93.1 Å². The molecule has 6 heteroatoms. The van der Waals surface area contributed by atoms with Crippen LogP contribution in [-0.2, 0) is 19.1 Å². The van der Waals surface area contributed by atoms with Crippen molar-refractivity contribution in [1.29, 1.82) is 0 Å². The van der Waals surface area contributed by atoms with Crippen molar-refractivity contribution in [1.82, 2.24) is 0 Å². The number of ether oxygens (including phenoxy) is 2. The Labute approximate surface area is 261 Å². The third-order valence-corrected chi connectivity index (χ3v) is 7.67. The molecule has 6 nitrogen and oxygen atoms in total. The molecular formula is C36H72O6. The molecule has 0 saturated heterocycles. The van der Waals surface area contributed by atoms with Crippen LogP contribution < -0.4 is 0 Å². The first-order valence-corrected chi connectivity index (χ1v) is 18.1. The van der Waals surface area contributed by atoms with Crippen LogP contribution in [0.5, 0.6) is 0 Å². The van der Waals surface area contributed by atoms with E-state index in [0.717, 1.165) is 25.7 Å². The van der Waals surface area contributed by atoms with Crippen molar-refractivity contribution in [3.8, 4) is 0 Å². The number of rotatable bonds is 30. The van der Waals surface area contributed by atoms with Crippen molar-refractivity contribution in [3.63, 3.8) is 0 Å². The molecule has 0 radical (unpaired) electrons. The lowest BCUT2D eigenvalue weighted by molar-refractivity contribution is -0.153. The number of carbonyl (C=O) groups is 2. The summed E-state index contributed by atoms with van der Waals surface area (Å²) < 4.78 is 9.83. The number of aliphatic hydroxyl groups excluding tert-OH is 2. The molecule has 0 aromatic heterocycles. The largest absolute Gasteiger partial charge is 0.464 e. The van der Waals surface area contributed by atoms with E-state index in [1.807, 2.05) is 0 Å². The van der Waals surface area contributed by atoms with Crippen LogP contribution in [0.4, 0.5) is 0 Å². The van der Waals surface area contributed by atoms with Gasteiger partial charge in [-0.1, -0.05) is 168 Å². The lowest BCUT2D eigenvalue weighted by atomic mass is 10.0. The predicted molar refractivity (Wildman–Crippen MR) is 177 cm³/mol. The molecule has 0 amide bonds. The van der Waals surface area contributed by atoms with Crippen LogP contribution in [-0.4, -0.2) is 47.6 Å². The number of hydrogen-bond donors (Lipinski definition) is 2. The van der Waals surface area contributed by atoms with Gasteiger partial charge in [-0.15, -0.1) is 0 Å². The molecule has 0 heterocycles. The van der Waals surface area contributed by atoms with Gasteiger partial charge in [0.15, 0.2) is 0 Å². The minimum absolute atomic E-state index is 0.446. The molecule has 0 aliphatic rings. The molecule has 0 fully saturated rings. The normalized spacial score (nSPS) is 12.3. The standard InChI is InChI=1S/C19H38O3.C17H34O3/c1-3-4-5-6-7-8-9-10-11-12-13-14-15-16-17-22-19(21)18(2)20;1-3-4-5-6-7-8-9-10-11-12-13-14-15-20-17(19)16(2)18/h18,20H,3-17H2,1-2H3;16,18H,3-15H2,1-2H3. The van der Waals surface area contributed by atoms with E-state index in [9.17, 15) is 9.59 Å². The van der Waals surface area contributed by atoms with Crippen LogP contribution >= 0.6 is 0 Å². The molecule has 2 N–H and O–H groups in total. The Kier molecular flexibility index (Phi) is 36.9. The van der Waals surface area contributed by atoms with Crippen LogP contribution in [0.15, 0.2) is 0 Å². The van der Waals surface area contributed by atoms with Gasteiger partial charge in [0.2, 0.25) is 0 Å². The number of esters is 2. The van der Waals surface area contributed by atoms with E-state index in [2.05, 4.69) is 13.8 Å². The van der Waals surface area contributed by atoms with Crippen molar-refractivity contribution >= 4 is 11.9 Å². The Bertz CT molecular complexity index is 549. The van der Waals surface area contributed by atoms with Gasteiger partial charge in [-0.05, 0) is 26.7 Å². The molecule has 0 aromatic rings.